The van der Waals surface area contributed by atoms with Crippen molar-refractivity contribution in [1.29, 1.82) is 0 Å². The minimum Gasteiger partial charge on any atom is -0.385 e. The van der Waals surface area contributed by atoms with E-state index in [4.69, 9.17) is 4.74 Å². The minimum atomic E-state index is -0.295. The van der Waals surface area contributed by atoms with Crippen LogP contribution in [0.5, 0.6) is 0 Å². The molecule has 1 aliphatic carbocycles. The molecule has 1 fully saturated rings. The van der Waals surface area contributed by atoms with Crippen LogP contribution in [0.1, 0.15) is 35.3 Å². The molecule has 0 atom stereocenters. The molecule has 1 saturated carbocycles. The molecule has 0 spiro atoms. The van der Waals surface area contributed by atoms with Crippen LogP contribution >= 0.6 is 11.3 Å². The maximum Gasteiger partial charge on any atom is 0.254 e. The van der Waals surface area contributed by atoms with Gasteiger partial charge in [0.2, 0.25) is 11.8 Å². The van der Waals surface area contributed by atoms with E-state index in [2.05, 4.69) is 15.6 Å². The first-order valence-electron chi connectivity index (χ1n) is 9.92. The van der Waals surface area contributed by atoms with E-state index in [0.717, 1.165) is 19.3 Å². The van der Waals surface area contributed by atoms with Crippen molar-refractivity contribution in [1.82, 2.24) is 15.2 Å². The van der Waals surface area contributed by atoms with E-state index >= 15 is 0 Å². The van der Waals surface area contributed by atoms with E-state index in [1.54, 1.807) is 29.5 Å². The molecule has 160 valence electrons. The summed E-state index contributed by atoms with van der Waals surface area (Å²) < 4.78 is 4.94. The van der Waals surface area contributed by atoms with E-state index in [0.29, 0.717) is 29.5 Å². The number of thiazole rings is 1. The standard InChI is InChI=1S/C21H26N4O4S/c1-29-11-5-10-22-18(26)12-16-14-30-21(23-16)24-19(27)13-25(17-8-9-17)20(28)15-6-3-2-4-7-15/h2-4,6-7,14,17H,5,8-13H2,1H3,(H,22,26)(H,23,24,27). The Morgan fingerprint density at radius 2 is 1.97 bits per heavy atom. The summed E-state index contributed by atoms with van der Waals surface area (Å²) in [6.07, 6.45) is 2.72. The summed E-state index contributed by atoms with van der Waals surface area (Å²) in [5.74, 6) is -0.558. The van der Waals surface area contributed by atoms with Gasteiger partial charge in [-0.2, -0.15) is 0 Å². The van der Waals surface area contributed by atoms with Crippen LogP contribution in [0, 0.1) is 0 Å². The van der Waals surface area contributed by atoms with Crippen molar-refractivity contribution in [3.8, 4) is 0 Å². The van der Waals surface area contributed by atoms with Crippen LogP contribution in [-0.2, 0) is 20.7 Å². The molecule has 1 aromatic heterocycles. The fourth-order valence-corrected chi connectivity index (χ4v) is 3.66. The second-order valence-electron chi connectivity index (χ2n) is 7.10. The van der Waals surface area contributed by atoms with Crippen LogP contribution < -0.4 is 10.6 Å². The molecule has 0 bridgehead atoms. The highest BCUT2D eigenvalue weighted by molar-refractivity contribution is 7.13. The third kappa shape index (κ3) is 6.64. The first kappa shape index (κ1) is 21.9. The van der Waals surface area contributed by atoms with Gasteiger partial charge in [0.05, 0.1) is 12.1 Å². The van der Waals surface area contributed by atoms with Gasteiger partial charge < -0.3 is 20.3 Å². The van der Waals surface area contributed by atoms with Gasteiger partial charge in [-0.05, 0) is 31.4 Å². The van der Waals surface area contributed by atoms with Crippen molar-refractivity contribution in [2.45, 2.75) is 31.7 Å². The number of nitrogens with zero attached hydrogens (tertiary/aromatic N) is 2. The van der Waals surface area contributed by atoms with Gasteiger partial charge in [0.15, 0.2) is 5.13 Å². The van der Waals surface area contributed by atoms with Gasteiger partial charge >= 0.3 is 0 Å². The van der Waals surface area contributed by atoms with Gasteiger partial charge in [-0.15, -0.1) is 11.3 Å². The van der Waals surface area contributed by atoms with Crippen molar-refractivity contribution >= 4 is 34.2 Å². The average molecular weight is 431 g/mol. The topological polar surface area (TPSA) is 101 Å². The van der Waals surface area contributed by atoms with Crippen molar-refractivity contribution in [2.75, 3.05) is 32.1 Å². The largest absolute Gasteiger partial charge is 0.385 e. The lowest BCUT2D eigenvalue weighted by Gasteiger charge is -2.21. The van der Waals surface area contributed by atoms with Gasteiger partial charge in [0.25, 0.3) is 5.91 Å². The Kier molecular flexibility index (Phi) is 7.92. The predicted octanol–water partition coefficient (Wildman–Crippen LogP) is 2.08. The average Bonchev–Trinajstić information content (AvgIpc) is 3.50. The van der Waals surface area contributed by atoms with Crippen LogP contribution in [-0.4, -0.2) is 60.5 Å². The number of ether oxygens (including phenoxy) is 1. The highest BCUT2D eigenvalue weighted by atomic mass is 32.1. The fourth-order valence-electron chi connectivity index (χ4n) is 2.93. The van der Waals surface area contributed by atoms with Crippen molar-refractivity contribution in [3.63, 3.8) is 0 Å². The van der Waals surface area contributed by atoms with E-state index in [9.17, 15) is 14.4 Å². The maximum atomic E-state index is 12.7. The summed E-state index contributed by atoms with van der Waals surface area (Å²) in [5, 5.41) is 7.71. The summed E-state index contributed by atoms with van der Waals surface area (Å²) >= 11 is 1.26. The summed E-state index contributed by atoms with van der Waals surface area (Å²) in [5.41, 5.74) is 1.17. The highest BCUT2D eigenvalue weighted by Crippen LogP contribution is 2.28. The van der Waals surface area contributed by atoms with Gasteiger partial charge in [-0.1, -0.05) is 18.2 Å². The first-order chi connectivity index (χ1) is 14.6. The fraction of sp³-hybridized carbons (Fsp3) is 0.429. The first-order valence-corrected chi connectivity index (χ1v) is 10.8. The molecule has 0 aliphatic heterocycles. The summed E-state index contributed by atoms with van der Waals surface area (Å²) in [7, 11) is 1.62. The lowest BCUT2D eigenvalue weighted by Crippen LogP contribution is -2.39. The number of carbonyl (C=O) groups is 3. The molecule has 0 radical (unpaired) electrons. The molecule has 2 N–H and O–H groups in total. The zero-order chi connectivity index (χ0) is 21.3. The molecule has 30 heavy (non-hydrogen) atoms. The van der Waals surface area contributed by atoms with Crippen LogP contribution in [0.25, 0.3) is 0 Å². The van der Waals surface area contributed by atoms with Crippen LogP contribution in [0.4, 0.5) is 5.13 Å². The number of carbonyl (C=O) groups excluding carboxylic acids is 3. The highest BCUT2D eigenvalue weighted by Gasteiger charge is 2.34. The number of methoxy groups -OCH3 is 1. The van der Waals surface area contributed by atoms with Crippen molar-refractivity contribution in [2.24, 2.45) is 0 Å². The monoisotopic (exact) mass is 430 g/mol. The second-order valence-corrected chi connectivity index (χ2v) is 7.95. The molecule has 1 heterocycles. The number of rotatable bonds is 11. The normalized spacial score (nSPS) is 13.0. The molecule has 8 nitrogen and oxygen atoms in total. The molecular weight excluding hydrogens is 404 g/mol. The second kappa shape index (κ2) is 10.8. The smallest absolute Gasteiger partial charge is 0.254 e. The zero-order valence-corrected chi connectivity index (χ0v) is 17.7. The number of anilines is 1. The van der Waals surface area contributed by atoms with E-state index in [-0.39, 0.29) is 36.7 Å². The Hall–Kier alpha value is -2.78. The van der Waals surface area contributed by atoms with Gasteiger partial charge in [0, 0.05) is 37.2 Å². The Morgan fingerprint density at radius 1 is 1.20 bits per heavy atom. The molecule has 0 unspecified atom stereocenters. The van der Waals surface area contributed by atoms with Gasteiger partial charge in [0.1, 0.15) is 6.54 Å². The molecule has 2 aromatic rings. The van der Waals surface area contributed by atoms with E-state index < -0.39 is 0 Å². The van der Waals surface area contributed by atoms with Gasteiger partial charge in [-0.3, -0.25) is 14.4 Å². The number of nitrogens with one attached hydrogen (secondary N) is 2. The number of benzene rings is 1. The zero-order valence-electron chi connectivity index (χ0n) is 16.9. The predicted molar refractivity (Wildman–Crippen MR) is 114 cm³/mol. The Bertz CT molecular complexity index is 867. The van der Waals surface area contributed by atoms with E-state index in [1.165, 1.54) is 11.3 Å². The molecule has 1 aromatic carbocycles. The molecule has 3 rings (SSSR count). The summed E-state index contributed by atoms with van der Waals surface area (Å²) in [6, 6.07) is 9.08. The van der Waals surface area contributed by atoms with Crippen molar-refractivity contribution < 1.29 is 19.1 Å². The Morgan fingerprint density at radius 3 is 2.67 bits per heavy atom. The summed E-state index contributed by atoms with van der Waals surface area (Å²) in [6.45, 7) is 1.12. The Labute approximate surface area is 179 Å². The third-order valence-electron chi connectivity index (χ3n) is 4.57. The Balaban J connectivity index is 1.49. The summed E-state index contributed by atoms with van der Waals surface area (Å²) in [4.78, 5) is 43.1. The number of hydrogen-bond acceptors (Lipinski definition) is 6. The number of hydrogen-bond donors (Lipinski definition) is 2. The third-order valence-corrected chi connectivity index (χ3v) is 5.38. The lowest BCUT2D eigenvalue weighted by atomic mass is 10.2. The van der Waals surface area contributed by atoms with Crippen LogP contribution in [0.2, 0.25) is 0 Å². The van der Waals surface area contributed by atoms with Gasteiger partial charge in [-0.25, -0.2) is 4.98 Å². The molecule has 3 amide bonds. The van der Waals surface area contributed by atoms with E-state index in [1.807, 2.05) is 18.2 Å². The lowest BCUT2D eigenvalue weighted by molar-refractivity contribution is -0.120. The maximum absolute atomic E-state index is 12.7. The SMILES string of the molecule is COCCCNC(=O)Cc1csc(NC(=O)CN(C(=O)c2ccccc2)C2CC2)n1. The quantitative estimate of drug-likeness (QED) is 0.532. The molecule has 0 saturated heterocycles. The molecule has 9 heteroatoms. The molecule has 1 aliphatic rings. The van der Waals surface area contributed by atoms with Crippen molar-refractivity contribution in [3.05, 3.63) is 47.0 Å². The van der Waals surface area contributed by atoms with Crippen LogP contribution in [0.15, 0.2) is 35.7 Å². The number of amides is 3. The molecular formula is C21H26N4O4S. The minimum absolute atomic E-state index is 0.0205. The number of aromatic nitrogens is 1. The van der Waals surface area contributed by atoms with Crippen LogP contribution in [0.3, 0.4) is 0 Å².